The number of nitrogens with one attached hydrogen (secondary N) is 1. The van der Waals surface area contributed by atoms with Crippen molar-refractivity contribution in [1.29, 1.82) is 0 Å². The minimum absolute atomic E-state index is 0.241. The molecule has 0 aliphatic rings. The molecule has 2 aromatic carbocycles. The van der Waals surface area contributed by atoms with Gasteiger partial charge < -0.3 is 5.32 Å². The van der Waals surface area contributed by atoms with Crippen LogP contribution in [-0.4, -0.2) is 5.24 Å². The van der Waals surface area contributed by atoms with Crippen LogP contribution in [0, 0.1) is 6.92 Å². The van der Waals surface area contributed by atoms with Crippen molar-refractivity contribution in [3.05, 3.63) is 59.7 Å². The fourth-order valence-corrected chi connectivity index (χ4v) is 2.53. The van der Waals surface area contributed by atoms with E-state index in [0.29, 0.717) is 4.90 Å². The Morgan fingerprint density at radius 1 is 1.10 bits per heavy atom. The third kappa shape index (κ3) is 4.26. The number of aryl methyl sites for hydroxylation is 1. The van der Waals surface area contributed by atoms with Crippen LogP contribution in [0.3, 0.4) is 0 Å². The van der Waals surface area contributed by atoms with Crippen LogP contribution in [0.4, 0.5) is 23.7 Å². The Morgan fingerprint density at radius 3 is 2.48 bits per heavy atom. The van der Waals surface area contributed by atoms with Gasteiger partial charge in [0.1, 0.15) is 0 Å². The third-order valence-electron chi connectivity index (χ3n) is 2.67. The van der Waals surface area contributed by atoms with Crippen LogP contribution in [0.15, 0.2) is 53.4 Å². The van der Waals surface area contributed by atoms with Crippen LogP contribution >= 0.6 is 11.8 Å². The van der Waals surface area contributed by atoms with Gasteiger partial charge in [-0.1, -0.05) is 29.8 Å². The molecule has 21 heavy (non-hydrogen) atoms. The highest BCUT2D eigenvalue weighted by Gasteiger charge is 2.33. The molecule has 0 atom stereocenters. The SMILES string of the molecule is Cc1cccc(SC(=O)Nc2ccccc2C(F)(F)F)c1. The van der Waals surface area contributed by atoms with E-state index >= 15 is 0 Å². The second-order valence-electron chi connectivity index (χ2n) is 4.37. The Kier molecular flexibility index (Phi) is 4.57. The lowest BCUT2D eigenvalue weighted by molar-refractivity contribution is -0.136. The smallest absolute Gasteiger partial charge is 0.316 e. The van der Waals surface area contributed by atoms with Crippen molar-refractivity contribution in [3.8, 4) is 0 Å². The molecule has 0 bridgehead atoms. The number of para-hydroxylation sites is 1. The summed E-state index contributed by atoms with van der Waals surface area (Å²) < 4.78 is 38.5. The maximum atomic E-state index is 12.8. The van der Waals surface area contributed by atoms with E-state index in [0.717, 1.165) is 23.4 Å². The van der Waals surface area contributed by atoms with Crippen molar-refractivity contribution in [3.63, 3.8) is 0 Å². The highest BCUT2D eigenvalue weighted by molar-refractivity contribution is 8.13. The highest BCUT2D eigenvalue weighted by atomic mass is 32.2. The van der Waals surface area contributed by atoms with Crippen LogP contribution in [0.1, 0.15) is 11.1 Å². The number of thioether (sulfide) groups is 1. The standard InChI is InChI=1S/C15H12F3NOS/c1-10-5-4-6-11(9-10)21-14(20)19-13-8-3-2-7-12(13)15(16,17)18/h2-9H,1H3,(H,19,20). The maximum absolute atomic E-state index is 12.8. The number of benzene rings is 2. The van der Waals surface area contributed by atoms with Crippen LogP contribution < -0.4 is 5.32 Å². The van der Waals surface area contributed by atoms with Crippen molar-refractivity contribution in [2.24, 2.45) is 0 Å². The van der Waals surface area contributed by atoms with Gasteiger partial charge in [-0.3, -0.25) is 4.79 Å². The van der Waals surface area contributed by atoms with Crippen molar-refractivity contribution < 1.29 is 18.0 Å². The van der Waals surface area contributed by atoms with Crippen LogP contribution in [-0.2, 0) is 6.18 Å². The minimum Gasteiger partial charge on any atom is -0.316 e. The lowest BCUT2D eigenvalue weighted by Crippen LogP contribution is -2.12. The number of hydrogen-bond donors (Lipinski definition) is 1. The van der Waals surface area contributed by atoms with E-state index in [1.54, 1.807) is 18.2 Å². The van der Waals surface area contributed by atoms with Gasteiger partial charge in [-0.05, 0) is 43.0 Å². The monoisotopic (exact) mass is 311 g/mol. The van der Waals surface area contributed by atoms with Gasteiger partial charge in [0, 0.05) is 4.90 Å². The molecule has 0 aliphatic carbocycles. The first-order valence-corrected chi connectivity index (χ1v) is 6.89. The molecule has 0 aromatic heterocycles. The number of anilines is 1. The Balaban J connectivity index is 2.14. The molecule has 110 valence electrons. The molecule has 2 nitrogen and oxygen atoms in total. The van der Waals surface area contributed by atoms with Gasteiger partial charge >= 0.3 is 6.18 Å². The topological polar surface area (TPSA) is 29.1 Å². The predicted molar refractivity (Wildman–Crippen MR) is 77.5 cm³/mol. The van der Waals surface area contributed by atoms with Gasteiger partial charge in [0.2, 0.25) is 0 Å². The van der Waals surface area contributed by atoms with Crippen molar-refractivity contribution in [1.82, 2.24) is 0 Å². The molecule has 0 saturated heterocycles. The Hall–Kier alpha value is -1.95. The second kappa shape index (κ2) is 6.22. The molecule has 0 unspecified atom stereocenters. The first-order valence-electron chi connectivity index (χ1n) is 6.08. The molecular formula is C15H12F3NOS. The van der Waals surface area contributed by atoms with Crippen LogP contribution in [0.5, 0.6) is 0 Å². The number of hydrogen-bond acceptors (Lipinski definition) is 2. The fourth-order valence-electron chi connectivity index (χ4n) is 1.76. The summed E-state index contributed by atoms with van der Waals surface area (Å²) in [6.07, 6.45) is -4.50. The van der Waals surface area contributed by atoms with Crippen LogP contribution in [0.2, 0.25) is 0 Å². The van der Waals surface area contributed by atoms with Gasteiger partial charge in [0.05, 0.1) is 11.3 Å². The molecular weight excluding hydrogens is 299 g/mol. The predicted octanol–water partition coefficient (Wildman–Crippen LogP) is 5.34. The number of halogens is 3. The molecule has 0 spiro atoms. The quantitative estimate of drug-likeness (QED) is 0.759. The number of rotatable bonds is 2. The zero-order valence-electron chi connectivity index (χ0n) is 11.1. The van der Waals surface area contributed by atoms with E-state index in [1.165, 1.54) is 18.2 Å². The summed E-state index contributed by atoms with van der Waals surface area (Å²) >= 11 is 0.855. The zero-order valence-corrected chi connectivity index (χ0v) is 11.9. The lowest BCUT2D eigenvalue weighted by atomic mass is 10.2. The molecule has 0 radical (unpaired) electrons. The molecule has 1 amide bonds. The zero-order chi connectivity index (χ0) is 15.5. The molecule has 0 heterocycles. The summed E-state index contributed by atoms with van der Waals surface area (Å²) in [6, 6.07) is 12.1. The summed E-state index contributed by atoms with van der Waals surface area (Å²) in [5.74, 6) is 0. The first-order chi connectivity index (χ1) is 9.86. The minimum atomic E-state index is -4.50. The Labute approximate surface area is 124 Å². The number of carbonyl (C=O) groups is 1. The maximum Gasteiger partial charge on any atom is 0.418 e. The van der Waals surface area contributed by atoms with Gasteiger partial charge in [0.25, 0.3) is 5.24 Å². The average molecular weight is 311 g/mol. The van der Waals surface area contributed by atoms with Crippen molar-refractivity contribution >= 4 is 22.7 Å². The number of amides is 1. The van der Waals surface area contributed by atoms with E-state index in [4.69, 9.17) is 0 Å². The third-order valence-corrected chi connectivity index (χ3v) is 3.45. The highest BCUT2D eigenvalue weighted by Crippen LogP contribution is 2.35. The van der Waals surface area contributed by atoms with Gasteiger partial charge in [-0.15, -0.1) is 0 Å². The van der Waals surface area contributed by atoms with Crippen molar-refractivity contribution in [2.75, 3.05) is 5.32 Å². The molecule has 0 fully saturated rings. The summed E-state index contributed by atoms with van der Waals surface area (Å²) in [5.41, 5.74) is -0.123. The molecule has 6 heteroatoms. The van der Waals surface area contributed by atoms with E-state index in [1.807, 2.05) is 13.0 Å². The lowest BCUT2D eigenvalue weighted by Gasteiger charge is -2.13. The van der Waals surface area contributed by atoms with E-state index < -0.39 is 17.0 Å². The van der Waals surface area contributed by atoms with Crippen molar-refractivity contribution in [2.45, 2.75) is 18.0 Å². The first kappa shape index (κ1) is 15.4. The normalized spacial score (nSPS) is 11.2. The van der Waals surface area contributed by atoms with Gasteiger partial charge in [0.15, 0.2) is 0 Å². The summed E-state index contributed by atoms with van der Waals surface area (Å²) in [4.78, 5) is 12.5. The number of alkyl halides is 3. The van der Waals surface area contributed by atoms with E-state index in [-0.39, 0.29) is 5.69 Å². The second-order valence-corrected chi connectivity index (χ2v) is 5.42. The largest absolute Gasteiger partial charge is 0.418 e. The summed E-state index contributed by atoms with van der Waals surface area (Å²) in [7, 11) is 0. The van der Waals surface area contributed by atoms with Gasteiger partial charge in [-0.25, -0.2) is 0 Å². The van der Waals surface area contributed by atoms with Gasteiger partial charge in [-0.2, -0.15) is 13.2 Å². The fraction of sp³-hybridized carbons (Fsp3) is 0.133. The Morgan fingerprint density at radius 2 is 1.81 bits per heavy atom. The molecule has 0 saturated carbocycles. The molecule has 1 N–H and O–H groups in total. The average Bonchev–Trinajstić information content (AvgIpc) is 2.37. The number of carbonyl (C=O) groups excluding carboxylic acids is 1. The summed E-state index contributed by atoms with van der Waals surface area (Å²) in [5, 5.41) is 1.73. The molecule has 2 aromatic rings. The van der Waals surface area contributed by atoms with E-state index in [9.17, 15) is 18.0 Å². The molecule has 0 aliphatic heterocycles. The van der Waals surface area contributed by atoms with E-state index in [2.05, 4.69) is 5.32 Å². The molecule has 2 rings (SSSR count). The van der Waals surface area contributed by atoms with Crippen LogP contribution in [0.25, 0.3) is 0 Å². The Bertz CT molecular complexity index is 655. The summed E-state index contributed by atoms with van der Waals surface area (Å²) in [6.45, 7) is 1.88.